The molecule has 0 fully saturated rings. The average molecular weight is 356 g/mol. The molecule has 0 aliphatic carbocycles. The molecule has 0 bridgehead atoms. The van der Waals surface area contributed by atoms with Crippen LogP contribution in [0.5, 0.6) is 5.75 Å². The van der Waals surface area contributed by atoms with E-state index in [1.807, 2.05) is 17.7 Å². The minimum absolute atomic E-state index is 0.313. The Morgan fingerprint density at radius 2 is 2.13 bits per heavy atom. The van der Waals surface area contributed by atoms with Crippen LogP contribution >= 0.6 is 0 Å². The molecule has 0 unspecified atom stereocenters. The fourth-order valence-corrected chi connectivity index (χ4v) is 3.63. The van der Waals surface area contributed by atoms with Crippen molar-refractivity contribution >= 4 is 26.4 Å². The highest BCUT2D eigenvalue weighted by atomic mass is 32.2. The van der Waals surface area contributed by atoms with Gasteiger partial charge in [-0.05, 0) is 69.5 Å². The van der Waals surface area contributed by atoms with Crippen LogP contribution in [0.3, 0.4) is 0 Å². The highest BCUT2D eigenvalue weighted by Gasteiger charge is 2.25. The van der Waals surface area contributed by atoms with Gasteiger partial charge in [-0.15, -0.1) is 0 Å². The highest BCUT2D eigenvalue weighted by Crippen LogP contribution is 2.32. The third-order valence-electron chi connectivity index (χ3n) is 3.81. The fraction of sp³-hybridized carbons (Fsp3) is 0.600. The number of hydrogen-bond acceptors (Lipinski definition) is 4. The number of nitrogens with zero attached hydrogens (tertiary/aromatic N) is 2. The van der Waals surface area contributed by atoms with Gasteiger partial charge in [0.15, 0.2) is 0 Å². The van der Waals surface area contributed by atoms with Crippen LogP contribution < -0.4 is 9.04 Å². The molecule has 23 heavy (non-hydrogen) atoms. The van der Waals surface area contributed by atoms with Crippen LogP contribution in [-0.4, -0.2) is 54.7 Å². The Hall–Kier alpha value is -1.09. The van der Waals surface area contributed by atoms with Gasteiger partial charge in [0.1, 0.15) is 16.2 Å². The Morgan fingerprint density at radius 1 is 1.35 bits per heavy atom. The summed E-state index contributed by atoms with van der Waals surface area (Å²) >= 11 is 0. The van der Waals surface area contributed by atoms with Crippen LogP contribution in [0.1, 0.15) is 31.2 Å². The SMILES string of the molecule is CN([Si])CCCCCOc1ccc2c(c1)CCCN2S(=O)(=O)O. The largest absolute Gasteiger partial charge is 0.494 e. The van der Waals surface area contributed by atoms with Gasteiger partial charge in [0.2, 0.25) is 0 Å². The van der Waals surface area contributed by atoms with Crippen LogP contribution in [0, 0.1) is 0 Å². The maximum absolute atomic E-state index is 11.4. The number of rotatable bonds is 8. The van der Waals surface area contributed by atoms with E-state index in [1.54, 1.807) is 12.1 Å². The van der Waals surface area contributed by atoms with Gasteiger partial charge in [-0.3, -0.25) is 4.55 Å². The smallest absolute Gasteiger partial charge is 0.359 e. The Morgan fingerprint density at radius 3 is 2.83 bits per heavy atom. The van der Waals surface area contributed by atoms with Crippen molar-refractivity contribution in [1.29, 1.82) is 0 Å². The zero-order chi connectivity index (χ0) is 16.9. The summed E-state index contributed by atoms with van der Waals surface area (Å²) in [6.45, 7) is 1.96. The lowest BCUT2D eigenvalue weighted by Crippen LogP contribution is -2.34. The van der Waals surface area contributed by atoms with E-state index in [0.717, 1.165) is 47.8 Å². The molecule has 0 saturated heterocycles. The zero-order valence-electron chi connectivity index (χ0n) is 13.4. The lowest BCUT2D eigenvalue weighted by atomic mass is 10.0. The van der Waals surface area contributed by atoms with E-state index in [2.05, 4.69) is 10.4 Å². The van der Waals surface area contributed by atoms with E-state index in [-0.39, 0.29) is 0 Å². The second-order valence-corrected chi connectivity index (χ2v) is 7.87. The van der Waals surface area contributed by atoms with Gasteiger partial charge in [-0.2, -0.15) is 8.42 Å². The Bertz CT molecular complexity index is 622. The molecule has 3 radical (unpaired) electrons. The summed E-state index contributed by atoms with van der Waals surface area (Å²) < 4.78 is 40.8. The first-order valence-corrected chi connectivity index (χ1v) is 9.65. The Kier molecular flexibility index (Phi) is 6.46. The molecular formula is C15H23N2O4SSi. The molecule has 2 rings (SSSR count). The summed E-state index contributed by atoms with van der Waals surface area (Å²) in [5.41, 5.74) is 1.44. The molecule has 0 aromatic heterocycles. The maximum atomic E-state index is 11.4. The van der Waals surface area contributed by atoms with E-state index >= 15 is 0 Å². The molecule has 0 saturated carbocycles. The number of hydrogen-bond donors (Lipinski definition) is 1. The van der Waals surface area contributed by atoms with Crippen LogP contribution in [0.15, 0.2) is 18.2 Å². The molecule has 1 aliphatic rings. The maximum Gasteiger partial charge on any atom is 0.359 e. The third-order valence-corrected chi connectivity index (χ3v) is 4.97. The zero-order valence-corrected chi connectivity index (χ0v) is 15.2. The molecular weight excluding hydrogens is 332 g/mol. The molecule has 1 aliphatic heterocycles. The first kappa shape index (κ1) is 18.2. The van der Waals surface area contributed by atoms with Crippen molar-refractivity contribution in [3.63, 3.8) is 0 Å². The van der Waals surface area contributed by atoms with Crippen molar-refractivity contribution in [1.82, 2.24) is 4.57 Å². The number of benzene rings is 1. The fourth-order valence-electron chi connectivity index (χ4n) is 2.69. The monoisotopic (exact) mass is 355 g/mol. The van der Waals surface area contributed by atoms with E-state index in [4.69, 9.17) is 4.74 Å². The van der Waals surface area contributed by atoms with E-state index in [9.17, 15) is 13.0 Å². The van der Waals surface area contributed by atoms with Crippen LogP contribution in [-0.2, 0) is 16.7 Å². The number of unbranched alkanes of at least 4 members (excludes halogenated alkanes) is 2. The van der Waals surface area contributed by atoms with Crippen molar-refractivity contribution < 1.29 is 17.7 Å². The number of aryl methyl sites for hydroxylation is 1. The van der Waals surface area contributed by atoms with Gasteiger partial charge >= 0.3 is 10.3 Å². The van der Waals surface area contributed by atoms with E-state index < -0.39 is 10.3 Å². The minimum atomic E-state index is -4.20. The molecule has 0 atom stereocenters. The van der Waals surface area contributed by atoms with Gasteiger partial charge in [0, 0.05) is 6.54 Å². The van der Waals surface area contributed by atoms with Crippen molar-refractivity contribution in [2.45, 2.75) is 32.1 Å². The van der Waals surface area contributed by atoms with Gasteiger partial charge < -0.3 is 9.30 Å². The topological polar surface area (TPSA) is 70.1 Å². The first-order chi connectivity index (χ1) is 10.9. The van der Waals surface area contributed by atoms with Crippen LogP contribution in [0.2, 0.25) is 0 Å². The molecule has 6 nitrogen and oxygen atoms in total. The number of fused-ring (bicyclic) bond motifs is 1. The number of ether oxygens (including phenoxy) is 1. The summed E-state index contributed by atoms with van der Waals surface area (Å²) in [6.07, 6.45) is 4.66. The Balaban J connectivity index is 1.89. The quantitative estimate of drug-likeness (QED) is 0.437. The van der Waals surface area contributed by atoms with Crippen LogP contribution in [0.4, 0.5) is 5.69 Å². The molecule has 127 valence electrons. The van der Waals surface area contributed by atoms with Crippen molar-refractivity contribution in [3.05, 3.63) is 23.8 Å². The highest BCUT2D eigenvalue weighted by molar-refractivity contribution is 7.87. The second kappa shape index (κ2) is 8.14. The molecule has 1 aromatic rings. The summed E-state index contributed by atoms with van der Waals surface area (Å²) in [5.74, 6) is 0.748. The van der Waals surface area contributed by atoms with Gasteiger partial charge in [-0.1, -0.05) is 0 Å². The molecule has 1 N–H and O–H groups in total. The standard InChI is InChI=1S/C15H23N2O4SSi/c1-16(23)9-3-2-4-11-21-14-7-8-15-13(12-14)6-5-10-17(15)22(18,19)20/h7-8,12H,2-6,9-11H2,1H3,(H,18,19,20). The molecule has 1 heterocycles. The second-order valence-electron chi connectivity index (χ2n) is 5.77. The Labute approximate surface area is 141 Å². The van der Waals surface area contributed by atoms with Gasteiger partial charge in [0.05, 0.1) is 12.3 Å². The average Bonchev–Trinajstić information content (AvgIpc) is 2.48. The summed E-state index contributed by atoms with van der Waals surface area (Å²) in [5, 5.41) is 0. The molecule has 8 heteroatoms. The van der Waals surface area contributed by atoms with Crippen molar-refractivity contribution in [3.8, 4) is 5.75 Å². The van der Waals surface area contributed by atoms with Crippen LogP contribution in [0.25, 0.3) is 0 Å². The third kappa shape index (κ3) is 5.49. The molecule has 1 aromatic carbocycles. The number of anilines is 1. The molecule has 0 amide bonds. The van der Waals surface area contributed by atoms with Crippen molar-refractivity contribution in [2.24, 2.45) is 0 Å². The minimum Gasteiger partial charge on any atom is -0.494 e. The lowest BCUT2D eigenvalue weighted by Gasteiger charge is -2.28. The summed E-state index contributed by atoms with van der Waals surface area (Å²) in [6, 6.07) is 5.34. The summed E-state index contributed by atoms with van der Waals surface area (Å²) in [4.78, 5) is 0. The van der Waals surface area contributed by atoms with Gasteiger partial charge in [-0.25, -0.2) is 4.31 Å². The van der Waals surface area contributed by atoms with E-state index in [1.165, 1.54) is 0 Å². The molecule has 0 spiro atoms. The van der Waals surface area contributed by atoms with Gasteiger partial charge in [0.25, 0.3) is 0 Å². The van der Waals surface area contributed by atoms with E-state index in [0.29, 0.717) is 25.3 Å². The van der Waals surface area contributed by atoms with Crippen molar-refractivity contribution in [2.75, 3.05) is 31.0 Å². The lowest BCUT2D eigenvalue weighted by molar-refractivity contribution is 0.303. The normalized spacial score (nSPS) is 14.9. The predicted molar refractivity (Wildman–Crippen MR) is 91.4 cm³/mol. The predicted octanol–water partition coefficient (Wildman–Crippen LogP) is 1.81. The first-order valence-electron chi connectivity index (χ1n) is 7.81. The summed E-state index contributed by atoms with van der Waals surface area (Å²) in [7, 11) is 1.20.